The number of hydrogen-bond acceptors (Lipinski definition) is 2. The minimum absolute atomic E-state index is 0.464. The number of aliphatic hydroxyl groups is 1. The zero-order valence-corrected chi connectivity index (χ0v) is 12.1. The Balaban J connectivity index is 2.27. The topological polar surface area (TPSA) is 23.5 Å². The zero-order chi connectivity index (χ0) is 13.3. The highest BCUT2D eigenvalue weighted by molar-refractivity contribution is 6.33. The minimum atomic E-state index is -0.464. The molecule has 0 saturated carbocycles. The van der Waals surface area contributed by atoms with Gasteiger partial charge in [0.2, 0.25) is 0 Å². The van der Waals surface area contributed by atoms with Crippen LogP contribution in [0.15, 0.2) is 18.2 Å². The van der Waals surface area contributed by atoms with Crippen LogP contribution < -0.4 is 4.90 Å². The first-order valence-corrected chi connectivity index (χ1v) is 7.11. The second-order valence-electron chi connectivity index (χ2n) is 5.57. The SMILES string of the molecule is CC1CCC(C)N(c2ccc([C@@H](C)O)cc2Cl)C1. The molecular formula is C15H22ClNO. The van der Waals surface area contributed by atoms with Crippen molar-refractivity contribution in [2.75, 3.05) is 11.4 Å². The van der Waals surface area contributed by atoms with E-state index in [4.69, 9.17) is 11.6 Å². The summed E-state index contributed by atoms with van der Waals surface area (Å²) >= 11 is 6.37. The van der Waals surface area contributed by atoms with Crippen LogP contribution in [0, 0.1) is 5.92 Å². The number of aliphatic hydroxyl groups excluding tert-OH is 1. The van der Waals surface area contributed by atoms with Crippen molar-refractivity contribution in [1.82, 2.24) is 0 Å². The minimum Gasteiger partial charge on any atom is -0.389 e. The molecule has 2 nitrogen and oxygen atoms in total. The van der Waals surface area contributed by atoms with E-state index >= 15 is 0 Å². The normalized spacial score (nSPS) is 26.2. The first kappa shape index (κ1) is 13.7. The number of anilines is 1. The highest BCUT2D eigenvalue weighted by Gasteiger charge is 2.24. The summed E-state index contributed by atoms with van der Waals surface area (Å²) in [5.41, 5.74) is 1.97. The standard InChI is InChI=1S/C15H22ClNO/c1-10-4-5-11(2)17(9-10)15-7-6-13(12(3)18)8-14(15)16/h6-8,10-12,18H,4-5,9H2,1-3H3/t10?,11?,12-/m1/s1. The van der Waals surface area contributed by atoms with Gasteiger partial charge in [0.25, 0.3) is 0 Å². The number of rotatable bonds is 2. The predicted octanol–water partition coefficient (Wildman–Crippen LogP) is 4.02. The Morgan fingerprint density at radius 1 is 1.33 bits per heavy atom. The maximum absolute atomic E-state index is 9.57. The summed E-state index contributed by atoms with van der Waals surface area (Å²) in [6, 6.07) is 6.43. The van der Waals surface area contributed by atoms with Gasteiger partial charge in [0, 0.05) is 12.6 Å². The highest BCUT2D eigenvalue weighted by Crippen LogP contribution is 2.34. The van der Waals surface area contributed by atoms with E-state index in [1.54, 1.807) is 6.92 Å². The lowest BCUT2D eigenvalue weighted by Crippen LogP contribution is -2.41. The molecule has 0 aliphatic carbocycles. The van der Waals surface area contributed by atoms with E-state index in [1.165, 1.54) is 12.8 Å². The molecule has 100 valence electrons. The molecule has 18 heavy (non-hydrogen) atoms. The highest BCUT2D eigenvalue weighted by atomic mass is 35.5. The van der Waals surface area contributed by atoms with Gasteiger partial charge in [-0.3, -0.25) is 0 Å². The quantitative estimate of drug-likeness (QED) is 0.875. The van der Waals surface area contributed by atoms with Crippen molar-refractivity contribution < 1.29 is 5.11 Å². The van der Waals surface area contributed by atoms with Crippen LogP contribution >= 0.6 is 11.6 Å². The lowest BCUT2D eigenvalue weighted by molar-refractivity contribution is 0.199. The third kappa shape index (κ3) is 2.81. The van der Waals surface area contributed by atoms with Crippen molar-refractivity contribution in [2.24, 2.45) is 5.92 Å². The molecule has 3 atom stereocenters. The Kier molecular flexibility index (Phi) is 4.18. The number of piperidine rings is 1. The van der Waals surface area contributed by atoms with Crippen LogP contribution in [0.5, 0.6) is 0 Å². The van der Waals surface area contributed by atoms with Crippen LogP contribution in [0.3, 0.4) is 0 Å². The summed E-state index contributed by atoms with van der Waals surface area (Å²) in [5, 5.41) is 10.3. The monoisotopic (exact) mass is 267 g/mol. The van der Waals surface area contributed by atoms with E-state index in [2.05, 4.69) is 18.7 Å². The van der Waals surface area contributed by atoms with Crippen LogP contribution in [0.25, 0.3) is 0 Å². The van der Waals surface area contributed by atoms with Gasteiger partial charge >= 0.3 is 0 Å². The second-order valence-corrected chi connectivity index (χ2v) is 5.98. The van der Waals surface area contributed by atoms with E-state index in [0.717, 1.165) is 22.8 Å². The van der Waals surface area contributed by atoms with E-state index in [0.29, 0.717) is 12.0 Å². The Hall–Kier alpha value is -0.730. The molecule has 1 aromatic rings. The summed E-state index contributed by atoms with van der Waals surface area (Å²) in [7, 11) is 0. The summed E-state index contributed by atoms with van der Waals surface area (Å²) in [6.07, 6.45) is 2.05. The van der Waals surface area contributed by atoms with E-state index in [1.807, 2.05) is 18.2 Å². The fourth-order valence-corrected chi connectivity index (χ4v) is 2.94. The van der Waals surface area contributed by atoms with Gasteiger partial charge in [-0.2, -0.15) is 0 Å². The fourth-order valence-electron chi connectivity index (χ4n) is 2.64. The number of halogens is 1. The molecule has 0 aromatic heterocycles. The maximum Gasteiger partial charge on any atom is 0.0762 e. The predicted molar refractivity (Wildman–Crippen MR) is 77.3 cm³/mol. The molecule has 0 spiro atoms. The molecule has 2 unspecified atom stereocenters. The Morgan fingerprint density at radius 2 is 2.06 bits per heavy atom. The van der Waals surface area contributed by atoms with Gasteiger partial charge in [0.1, 0.15) is 0 Å². The molecule has 0 amide bonds. The zero-order valence-electron chi connectivity index (χ0n) is 11.4. The maximum atomic E-state index is 9.57. The first-order valence-electron chi connectivity index (χ1n) is 6.73. The molecule has 0 radical (unpaired) electrons. The third-order valence-corrected chi connectivity index (χ3v) is 4.18. The summed E-state index contributed by atoms with van der Waals surface area (Å²) in [6.45, 7) is 7.37. The molecule has 1 aromatic carbocycles. The second kappa shape index (κ2) is 5.50. The van der Waals surface area contributed by atoms with Crippen LogP contribution in [-0.4, -0.2) is 17.7 Å². The van der Waals surface area contributed by atoms with Gasteiger partial charge < -0.3 is 10.0 Å². The first-order chi connectivity index (χ1) is 8.49. The largest absolute Gasteiger partial charge is 0.389 e. The van der Waals surface area contributed by atoms with Crippen LogP contribution in [0.2, 0.25) is 5.02 Å². The number of hydrogen-bond donors (Lipinski definition) is 1. The van der Waals surface area contributed by atoms with Gasteiger partial charge in [-0.1, -0.05) is 24.6 Å². The van der Waals surface area contributed by atoms with Crippen LogP contribution in [-0.2, 0) is 0 Å². The van der Waals surface area contributed by atoms with Gasteiger partial charge in [-0.05, 0) is 50.3 Å². The number of nitrogens with zero attached hydrogens (tertiary/aromatic N) is 1. The smallest absolute Gasteiger partial charge is 0.0762 e. The van der Waals surface area contributed by atoms with Crippen LogP contribution in [0.1, 0.15) is 45.3 Å². The number of benzene rings is 1. The van der Waals surface area contributed by atoms with Crippen molar-refractivity contribution >= 4 is 17.3 Å². The van der Waals surface area contributed by atoms with Crippen LogP contribution in [0.4, 0.5) is 5.69 Å². The molecular weight excluding hydrogens is 246 g/mol. The third-order valence-electron chi connectivity index (χ3n) is 3.88. The van der Waals surface area contributed by atoms with Gasteiger partial charge in [0.05, 0.1) is 16.8 Å². The molecule has 0 bridgehead atoms. The van der Waals surface area contributed by atoms with Gasteiger partial charge in [-0.25, -0.2) is 0 Å². The Labute approximate surface area is 115 Å². The van der Waals surface area contributed by atoms with Crippen molar-refractivity contribution in [3.05, 3.63) is 28.8 Å². The molecule has 1 saturated heterocycles. The van der Waals surface area contributed by atoms with Crippen molar-refractivity contribution in [1.29, 1.82) is 0 Å². The summed E-state index contributed by atoms with van der Waals surface area (Å²) < 4.78 is 0. The van der Waals surface area contributed by atoms with E-state index in [9.17, 15) is 5.11 Å². The molecule has 1 fully saturated rings. The van der Waals surface area contributed by atoms with E-state index in [-0.39, 0.29) is 0 Å². The Bertz CT molecular complexity index is 419. The summed E-state index contributed by atoms with van der Waals surface area (Å²) in [4.78, 5) is 2.39. The molecule has 2 rings (SSSR count). The van der Waals surface area contributed by atoms with Gasteiger partial charge in [-0.15, -0.1) is 0 Å². The molecule has 1 N–H and O–H groups in total. The van der Waals surface area contributed by atoms with E-state index < -0.39 is 6.10 Å². The van der Waals surface area contributed by atoms with Crippen molar-refractivity contribution in [3.8, 4) is 0 Å². The lowest BCUT2D eigenvalue weighted by atomic mass is 9.94. The lowest BCUT2D eigenvalue weighted by Gasteiger charge is -2.39. The van der Waals surface area contributed by atoms with Crippen molar-refractivity contribution in [3.63, 3.8) is 0 Å². The molecule has 1 aliphatic heterocycles. The van der Waals surface area contributed by atoms with Crippen molar-refractivity contribution in [2.45, 2.75) is 45.8 Å². The molecule has 1 aliphatic rings. The Morgan fingerprint density at radius 3 is 2.67 bits per heavy atom. The van der Waals surface area contributed by atoms with Gasteiger partial charge in [0.15, 0.2) is 0 Å². The average Bonchev–Trinajstić information content (AvgIpc) is 2.32. The molecule has 1 heterocycles. The average molecular weight is 268 g/mol. The molecule has 3 heteroatoms. The summed E-state index contributed by atoms with van der Waals surface area (Å²) in [5.74, 6) is 0.716. The fraction of sp³-hybridized carbons (Fsp3) is 0.600.